The van der Waals surface area contributed by atoms with Crippen LogP contribution in [0.1, 0.15) is 28.9 Å². The number of aromatic nitrogens is 4. The van der Waals surface area contributed by atoms with Gasteiger partial charge in [-0.25, -0.2) is 9.37 Å². The Bertz CT molecular complexity index is 1150. The van der Waals surface area contributed by atoms with Gasteiger partial charge in [0.2, 0.25) is 0 Å². The Morgan fingerprint density at radius 1 is 1.14 bits per heavy atom. The van der Waals surface area contributed by atoms with Gasteiger partial charge >= 0.3 is 0 Å². The highest BCUT2D eigenvalue weighted by Gasteiger charge is 2.24. The molecule has 5 rings (SSSR count). The number of hydrogen-bond donors (Lipinski definition) is 1. The lowest BCUT2D eigenvalue weighted by Gasteiger charge is -2.13. The maximum absolute atomic E-state index is 13.4. The molecule has 4 aromatic rings. The zero-order valence-corrected chi connectivity index (χ0v) is 15.6. The smallest absolute Gasteiger partial charge is 0.165 e. The summed E-state index contributed by atoms with van der Waals surface area (Å²) in [5.41, 5.74) is 7.07. The first kappa shape index (κ1) is 16.9. The highest BCUT2D eigenvalue weighted by molar-refractivity contribution is 5.81. The lowest BCUT2D eigenvalue weighted by atomic mass is 10.1. The maximum atomic E-state index is 13.4. The van der Waals surface area contributed by atoms with Gasteiger partial charge in [0.25, 0.3) is 0 Å². The summed E-state index contributed by atoms with van der Waals surface area (Å²) in [4.78, 5) is 9.14. The molecule has 0 radical (unpaired) electrons. The van der Waals surface area contributed by atoms with Crippen LogP contribution in [0.25, 0.3) is 16.8 Å². The number of halogens is 1. The van der Waals surface area contributed by atoms with Crippen molar-refractivity contribution in [1.82, 2.24) is 19.6 Å². The van der Waals surface area contributed by atoms with Gasteiger partial charge < -0.3 is 5.32 Å². The summed E-state index contributed by atoms with van der Waals surface area (Å²) < 4.78 is 15.3. The number of aryl methyl sites for hydroxylation is 2. The maximum Gasteiger partial charge on any atom is 0.165 e. The average Bonchev–Trinajstić information content (AvgIpc) is 3.30. The Morgan fingerprint density at radius 2 is 2.00 bits per heavy atom. The third kappa shape index (κ3) is 2.81. The van der Waals surface area contributed by atoms with Gasteiger partial charge in [-0.15, -0.1) is 0 Å². The molecule has 0 unspecified atom stereocenters. The van der Waals surface area contributed by atoms with E-state index in [1.807, 2.05) is 23.7 Å². The quantitative estimate of drug-likeness (QED) is 0.578. The van der Waals surface area contributed by atoms with Crippen molar-refractivity contribution in [3.05, 3.63) is 77.1 Å². The molecule has 0 aliphatic heterocycles. The van der Waals surface area contributed by atoms with Crippen molar-refractivity contribution in [3.63, 3.8) is 0 Å². The van der Waals surface area contributed by atoms with Gasteiger partial charge in [0.15, 0.2) is 5.65 Å². The first-order chi connectivity index (χ1) is 13.7. The van der Waals surface area contributed by atoms with Crippen LogP contribution in [-0.4, -0.2) is 19.6 Å². The third-order valence-electron chi connectivity index (χ3n) is 5.28. The molecule has 0 saturated carbocycles. The van der Waals surface area contributed by atoms with Crippen molar-refractivity contribution in [3.8, 4) is 11.1 Å². The third-order valence-corrected chi connectivity index (χ3v) is 5.28. The van der Waals surface area contributed by atoms with Crippen molar-refractivity contribution in [2.24, 2.45) is 0 Å². The number of hydrogen-bond acceptors (Lipinski definition) is 4. The molecule has 1 N–H and O–H groups in total. The number of nitrogens with zero attached hydrogens (tertiary/aromatic N) is 4. The normalized spacial score (nSPS) is 13.1. The minimum atomic E-state index is -0.245. The molecule has 3 heterocycles. The van der Waals surface area contributed by atoms with E-state index in [1.165, 1.54) is 17.7 Å². The molecule has 1 aromatic carbocycles. The molecule has 0 fully saturated rings. The molecule has 0 spiro atoms. The number of fused-ring (bicyclic) bond motifs is 2. The zero-order chi connectivity index (χ0) is 19.1. The lowest BCUT2D eigenvalue weighted by molar-refractivity contribution is 0.628. The standard InChI is InChI=1S/C22H20FN5/c1-14-20(16-7-9-17(23)10-8-16)22-26-19-6-2-5-18(19)21(28(22)27-14)25-13-15-4-3-11-24-12-15/h3-4,7-12,25H,2,5-6,13H2,1H3. The lowest BCUT2D eigenvalue weighted by Crippen LogP contribution is -2.10. The van der Waals surface area contributed by atoms with E-state index in [-0.39, 0.29) is 5.82 Å². The van der Waals surface area contributed by atoms with Crippen LogP contribution in [0.15, 0.2) is 48.8 Å². The molecule has 3 aromatic heterocycles. The number of pyridine rings is 1. The summed E-state index contributed by atoms with van der Waals surface area (Å²) in [5.74, 6) is 0.753. The van der Waals surface area contributed by atoms with Gasteiger partial charge in [-0.1, -0.05) is 18.2 Å². The molecule has 1 aliphatic carbocycles. The Kier molecular flexibility index (Phi) is 4.04. The van der Waals surface area contributed by atoms with Crippen LogP contribution in [0.2, 0.25) is 0 Å². The summed E-state index contributed by atoms with van der Waals surface area (Å²) in [6.07, 6.45) is 6.71. The minimum absolute atomic E-state index is 0.245. The van der Waals surface area contributed by atoms with Crippen LogP contribution in [0.5, 0.6) is 0 Å². The fraction of sp³-hybridized carbons (Fsp3) is 0.227. The molecule has 0 amide bonds. The van der Waals surface area contributed by atoms with E-state index >= 15 is 0 Å². The zero-order valence-electron chi connectivity index (χ0n) is 15.6. The molecule has 0 atom stereocenters. The van der Waals surface area contributed by atoms with Gasteiger partial charge in [-0.2, -0.15) is 9.61 Å². The first-order valence-electron chi connectivity index (χ1n) is 9.50. The summed E-state index contributed by atoms with van der Waals surface area (Å²) in [5, 5.41) is 8.35. The van der Waals surface area contributed by atoms with Crippen LogP contribution in [-0.2, 0) is 19.4 Å². The van der Waals surface area contributed by atoms with Crippen LogP contribution in [0.4, 0.5) is 10.2 Å². The van der Waals surface area contributed by atoms with E-state index in [4.69, 9.17) is 10.1 Å². The number of nitrogens with one attached hydrogen (secondary N) is 1. The highest BCUT2D eigenvalue weighted by atomic mass is 19.1. The Labute approximate surface area is 162 Å². The monoisotopic (exact) mass is 373 g/mol. The van der Waals surface area contributed by atoms with Gasteiger partial charge in [-0.05, 0) is 55.5 Å². The largest absolute Gasteiger partial charge is 0.366 e. The van der Waals surface area contributed by atoms with Crippen LogP contribution in [0.3, 0.4) is 0 Å². The van der Waals surface area contributed by atoms with Crippen LogP contribution < -0.4 is 5.32 Å². The van der Waals surface area contributed by atoms with Gasteiger partial charge in [0.1, 0.15) is 11.6 Å². The Morgan fingerprint density at radius 3 is 2.79 bits per heavy atom. The van der Waals surface area contributed by atoms with Gasteiger partial charge in [0.05, 0.1) is 5.69 Å². The average molecular weight is 373 g/mol. The van der Waals surface area contributed by atoms with Crippen molar-refractivity contribution in [2.75, 3.05) is 5.32 Å². The van der Waals surface area contributed by atoms with Gasteiger partial charge in [-0.3, -0.25) is 4.98 Å². The van der Waals surface area contributed by atoms with E-state index in [0.29, 0.717) is 6.54 Å². The second-order valence-electron chi connectivity index (χ2n) is 7.16. The van der Waals surface area contributed by atoms with E-state index in [2.05, 4.69) is 16.4 Å². The molecule has 0 saturated heterocycles. The Hall–Kier alpha value is -3.28. The molecular weight excluding hydrogens is 353 g/mol. The highest BCUT2D eigenvalue weighted by Crippen LogP contribution is 2.34. The predicted octanol–water partition coefficient (Wildman–Crippen LogP) is 4.34. The molecule has 5 nitrogen and oxygen atoms in total. The summed E-state index contributed by atoms with van der Waals surface area (Å²) in [6.45, 7) is 2.65. The molecule has 6 heteroatoms. The topological polar surface area (TPSA) is 55.1 Å². The Balaban J connectivity index is 1.65. The molecule has 28 heavy (non-hydrogen) atoms. The minimum Gasteiger partial charge on any atom is -0.366 e. The second kappa shape index (κ2) is 6.71. The van der Waals surface area contributed by atoms with Gasteiger partial charge in [0, 0.05) is 35.8 Å². The molecule has 140 valence electrons. The van der Waals surface area contributed by atoms with E-state index < -0.39 is 0 Å². The number of anilines is 1. The van der Waals surface area contributed by atoms with Crippen LogP contribution >= 0.6 is 0 Å². The fourth-order valence-electron chi connectivity index (χ4n) is 3.96. The SMILES string of the molecule is Cc1nn2c(NCc3cccnc3)c3c(nc2c1-c1ccc(F)cc1)CCC3. The van der Waals surface area contributed by atoms with Crippen molar-refractivity contribution in [2.45, 2.75) is 32.7 Å². The summed E-state index contributed by atoms with van der Waals surface area (Å²) in [7, 11) is 0. The second-order valence-corrected chi connectivity index (χ2v) is 7.16. The van der Waals surface area contributed by atoms with Crippen molar-refractivity contribution in [1.29, 1.82) is 0 Å². The number of benzene rings is 1. The van der Waals surface area contributed by atoms with E-state index in [9.17, 15) is 4.39 Å². The number of rotatable bonds is 4. The molecule has 1 aliphatic rings. The van der Waals surface area contributed by atoms with Crippen molar-refractivity contribution < 1.29 is 4.39 Å². The fourth-order valence-corrected chi connectivity index (χ4v) is 3.96. The summed E-state index contributed by atoms with van der Waals surface area (Å²) in [6, 6.07) is 10.5. The molecular formula is C22H20FN5. The van der Waals surface area contributed by atoms with Crippen molar-refractivity contribution >= 4 is 11.5 Å². The predicted molar refractivity (Wildman–Crippen MR) is 107 cm³/mol. The van der Waals surface area contributed by atoms with E-state index in [1.54, 1.807) is 18.3 Å². The van der Waals surface area contributed by atoms with E-state index in [0.717, 1.165) is 58.8 Å². The first-order valence-corrected chi connectivity index (χ1v) is 9.50. The summed E-state index contributed by atoms with van der Waals surface area (Å²) >= 11 is 0. The van der Waals surface area contributed by atoms with Crippen LogP contribution in [0, 0.1) is 12.7 Å². The molecule has 0 bridgehead atoms.